The molecule has 0 radical (unpaired) electrons. The third kappa shape index (κ3) is 4.11. The first-order chi connectivity index (χ1) is 10.0. The molecule has 21 heavy (non-hydrogen) atoms. The minimum absolute atomic E-state index is 0.0812. The van der Waals surface area contributed by atoms with Crippen molar-refractivity contribution < 1.29 is 14.3 Å². The maximum Gasteiger partial charge on any atom is 0.311 e. The second kappa shape index (κ2) is 7.14. The Kier molecular flexibility index (Phi) is 5.48. The van der Waals surface area contributed by atoms with Crippen LogP contribution < -0.4 is 5.32 Å². The summed E-state index contributed by atoms with van der Waals surface area (Å²) in [5, 5.41) is 11.2. The van der Waals surface area contributed by atoms with Gasteiger partial charge in [-0.1, -0.05) is 0 Å². The number of aromatic amines is 1. The molecule has 2 rings (SSSR count). The summed E-state index contributed by atoms with van der Waals surface area (Å²) in [7, 11) is 0. The van der Waals surface area contributed by atoms with Crippen LogP contribution in [0.4, 0.5) is 5.13 Å². The molecule has 0 fully saturated rings. The van der Waals surface area contributed by atoms with Gasteiger partial charge in [-0.2, -0.15) is 5.10 Å². The summed E-state index contributed by atoms with van der Waals surface area (Å²) < 4.78 is 5.95. The van der Waals surface area contributed by atoms with Crippen molar-refractivity contribution in [2.75, 3.05) is 11.9 Å². The number of rotatable bonds is 5. The normalized spacial score (nSPS) is 10.4. The first-order valence-electron chi connectivity index (χ1n) is 5.82. The molecule has 0 aliphatic rings. The Morgan fingerprint density at radius 3 is 2.86 bits per heavy atom. The third-order valence-electron chi connectivity index (χ3n) is 2.28. The summed E-state index contributed by atoms with van der Waals surface area (Å²) in [5.41, 5.74) is 0.764. The molecule has 1 amide bonds. The average molecular weight is 438 g/mol. The zero-order chi connectivity index (χ0) is 15.4. The van der Waals surface area contributed by atoms with Gasteiger partial charge in [0.05, 0.1) is 23.2 Å². The Morgan fingerprint density at radius 1 is 1.48 bits per heavy atom. The largest absolute Gasteiger partial charge is 0.466 e. The second-order valence-corrected chi connectivity index (χ2v) is 6.22. The molecule has 0 spiro atoms. The predicted molar refractivity (Wildman–Crippen MR) is 84.4 cm³/mol. The molecule has 0 aliphatic heterocycles. The molecule has 2 aromatic heterocycles. The molecule has 0 bridgehead atoms. The van der Waals surface area contributed by atoms with Gasteiger partial charge in [0.25, 0.3) is 5.91 Å². The maximum atomic E-state index is 12.0. The Balaban J connectivity index is 2.01. The molecule has 0 saturated heterocycles. The molecule has 2 heterocycles. The van der Waals surface area contributed by atoms with E-state index in [0.717, 1.165) is 0 Å². The molecule has 0 aromatic carbocycles. The van der Waals surface area contributed by atoms with Crippen molar-refractivity contribution in [2.45, 2.75) is 13.3 Å². The Bertz CT molecular complexity index is 670. The van der Waals surface area contributed by atoms with Crippen LogP contribution in [0.25, 0.3) is 0 Å². The summed E-state index contributed by atoms with van der Waals surface area (Å²) in [4.78, 5) is 27.5. The summed E-state index contributed by atoms with van der Waals surface area (Å²) in [6.07, 6.45) is 0.0812. The van der Waals surface area contributed by atoms with Crippen LogP contribution in [0.15, 0.2) is 14.5 Å². The van der Waals surface area contributed by atoms with Gasteiger partial charge >= 0.3 is 5.97 Å². The number of carbonyl (C=O) groups is 2. The molecule has 2 aromatic rings. The molecule has 7 nitrogen and oxygen atoms in total. The number of hydrogen-bond acceptors (Lipinski definition) is 6. The van der Waals surface area contributed by atoms with Gasteiger partial charge in [0.2, 0.25) is 0 Å². The van der Waals surface area contributed by atoms with Crippen LogP contribution in [0, 0.1) is 0 Å². The van der Waals surface area contributed by atoms with E-state index in [1.165, 1.54) is 11.3 Å². The number of anilines is 1. The fourth-order valence-corrected chi connectivity index (χ4v) is 2.76. The van der Waals surface area contributed by atoms with Crippen LogP contribution in [-0.4, -0.2) is 33.7 Å². The minimum Gasteiger partial charge on any atom is -0.466 e. The van der Waals surface area contributed by atoms with Gasteiger partial charge in [-0.25, -0.2) is 4.98 Å². The molecule has 112 valence electrons. The van der Waals surface area contributed by atoms with Crippen LogP contribution in [0.3, 0.4) is 0 Å². The summed E-state index contributed by atoms with van der Waals surface area (Å²) >= 11 is 7.68. The van der Waals surface area contributed by atoms with Crippen molar-refractivity contribution >= 4 is 60.2 Å². The van der Waals surface area contributed by atoms with E-state index in [-0.39, 0.29) is 18.1 Å². The van der Waals surface area contributed by atoms with E-state index in [2.05, 4.69) is 52.4 Å². The monoisotopic (exact) mass is 436 g/mol. The van der Waals surface area contributed by atoms with Crippen LogP contribution >= 0.6 is 43.2 Å². The number of aromatic nitrogens is 3. The number of nitrogens with one attached hydrogen (secondary N) is 2. The van der Waals surface area contributed by atoms with Gasteiger partial charge in [-0.05, 0) is 38.8 Å². The van der Waals surface area contributed by atoms with Gasteiger partial charge in [0.1, 0.15) is 4.60 Å². The number of ether oxygens (including phenoxy) is 1. The van der Waals surface area contributed by atoms with E-state index in [1.807, 2.05) is 0 Å². The molecule has 2 N–H and O–H groups in total. The van der Waals surface area contributed by atoms with Crippen LogP contribution in [0.5, 0.6) is 0 Å². The number of amides is 1. The highest BCUT2D eigenvalue weighted by molar-refractivity contribution is 9.13. The molecule has 10 heteroatoms. The van der Waals surface area contributed by atoms with Gasteiger partial charge in [0.15, 0.2) is 10.8 Å². The SMILES string of the molecule is CCOC(=O)Cc1csc(NC(=O)c2n[nH]c(Br)c2Br)n1. The molecule has 0 unspecified atom stereocenters. The molecule has 0 aliphatic carbocycles. The Labute approximate surface area is 140 Å². The van der Waals surface area contributed by atoms with Gasteiger partial charge in [-0.3, -0.25) is 20.0 Å². The van der Waals surface area contributed by atoms with Crippen molar-refractivity contribution in [3.8, 4) is 0 Å². The Hall–Kier alpha value is -1.26. The van der Waals surface area contributed by atoms with Crippen LogP contribution in [0.2, 0.25) is 0 Å². The number of nitrogens with zero attached hydrogens (tertiary/aromatic N) is 2. The second-order valence-electron chi connectivity index (χ2n) is 3.78. The number of esters is 1. The topological polar surface area (TPSA) is 97.0 Å². The summed E-state index contributed by atoms with van der Waals surface area (Å²) in [6.45, 7) is 2.07. The first kappa shape index (κ1) is 16.1. The summed E-state index contributed by atoms with van der Waals surface area (Å²) in [6, 6.07) is 0. The van der Waals surface area contributed by atoms with Crippen molar-refractivity contribution in [2.24, 2.45) is 0 Å². The number of halogens is 2. The number of carbonyl (C=O) groups excluding carboxylic acids is 2. The molecular formula is C11H10Br2N4O3S. The highest BCUT2D eigenvalue weighted by Gasteiger charge is 2.18. The van der Waals surface area contributed by atoms with Gasteiger partial charge in [-0.15, -0.1) is 11.3 Å². The van der Waals surface area contributed by atoms with Gasteiger partial charge in [0, 0.05) is 5.38 Å². The smallest absolute Gasteiger partial charge is 0.311 e. The van der Waals surface area contributed by atoms with E-state index < -0.39 is 5.91 Å². The number of hydrogen-bond donors (Lipinski definition) is 2. The van der Waals surface area contributed by atoms with Crippen molar-refractivity contribution in [3.63, 3.8) is 0 Å². The number of H-pyrrole nitrogens is 1. The maximum absolute atomic E-state index is 12.0. The van der Waals surface area contributed by atoms with E-state index in [0.29, 0.717) is 26.5 Å². The lowest BCUT2D eigenvalue weighted by Crippen LogP contribution is -2.13. The van der Waals surface area contributed by atoms with E-state index in [4.69, 9.17) is 4.74 Å². The predicted octanol–water partition coefficient (Wildman–Crippen LogP) is 2.75. The van der Waals surface area contributed by atoms with E-state index in [9.17, 15) is 9.59 Å². The zero-order valence-corrected chi connectivity index (χ0v) is 14.8. The standard InChI is InChI=1S/C11H10Br2N4O3S/c1-2-20-6(18)3-5-4-21-11(14-5)15-10(19)8-7(12)9(13)17-16-8/h4H,2-3H2,1H3,(H,16,17)(H,14,15,19). The molecular weight excluding hydrogens is 428 g/mol. The Morgan fingerprint density at radius 2 is 2.24 bits per heavy atom. The van der Waals surface area contributed by atoms with Crippen molar-refractivity contribution in [1.29, 1.82) is 0 Å². The van der Waals surface area contributed by atoms with Crippen LogP contribution in [-0.2, 0) is 16.0 Å². The van der Waals surface area contributed by atoms with Crippen LogP contribution in [0.1, 0.15) is 23.1 Å². The first-order valence-corrected chi connectivity index (χ1v) is 8.28. The lowest BCUT2D eigenvalue weighted by molar-refractivity contribution is -0.142. The van der Waals surface area contributed by atoms with Crippen molar-refractivity contribution in [3.05, 3.63) is 25.8 Å². The number of thiazole rings is 1. The van der Waals surface area contributed by atoms with Crippen molar-refractivity contribution in [1.82, 2.24) is 15.2 Å². The fourth-order valence-electron chi connectivity index (χ4n) is 1.42. The summed E-state index contributed by atoms with van der Waals surface area (Å²) in [5.74, 6) is -0.750. The lowest BCUT2D eigenvalue weighted by atomic mass is 10.3. The average Bonchev–Trinajstić information content (AvgIpc) is 2.98. The van der Waals surface area contributed by atoms with Gasteiger partial charge < -0.3 is 4.74 Å². The molecule has 0 saturated carbocycles. The quantitative estimate of drug-likeness (QED) is 0.701. The van der Waals surface area contributed by atoms with E-state index in [1.54, 1.807) is 12.3 Å². The lowest BCUT2D eigenvalue weighted by Gasteiger charge is -1.99. The highest BCUT2D eigenvalue weighted by atomic mass is 79.9. The highest BCUT2D eigenvalue weighted by Crippen LogP contribution is 2.25. The fraction of sp³-hybridized carbons (Fsp3) is 0.273. The van der Waals surface area contributed by atoms with E-state index >= 15 is 0 Å². The third-order valence-corrected chi connectivity index (χ3v) is 4.97. The minimum atomic E-state index is -0.402. The molecule has 0 atom stereocenters. The zero-order valence-electron chi connectivity index (χ0n) is 10.8.